The lowest BCUT2D eigenvalue weighted by Crippen LogP contribution is -2.29. The number of sulfone groups is 1. The Morgan fingerprint density at radius 3 is 2.60 bits per heavy atom. The van der Waals surface area contributed by atoms with Gasteiger partial charge in [-0.05, 0) is 31.0 Å². The summed E-state index contributed by atoms with van der Waals surface area (Å²) in [6.45, 7) is 0. The third kappa shape index (κ3) is 3.47. The second-order valence-electron chi connectivity index (χ2n) is 5.00. The first kappa shape index (κ1) is 14.8. The lowest BCUT2D eigenvalue weighted by molar-refractivity contribution is -0.113. The Labute approximate surface area is 117 Å². The average molecular weight is 300 g/mol. The van der Waals surface area contributed by atoms with E-state index in [0.29, 0.717) is 12.8 Å². The van der Waals surface area contributed by atoms with Crippen LogP contribution in [0.3, 0.4) is 0 Å². The molecular formula is C13H17FN2O3S. The third-order valence-electron chi connectivity index (χ3n) is 3.42. The van der Waals surface area contributed by atoms with Gasteiger partial charge in [0.2, 0.25) is 5.91 Å². The number of carbonyl (C=O) groups is 1. The molecule has 0 bridgehead atoms. The molecule has 1 amide bonds. The smallest absolute Gasteiger partial charge is 0.239 e. The molecule has 0 atom stereocenters. The maximum absolute atomic E-state index is 13.0. The molecule has 0 radical (unpaired) electrons. The summed E-state index contributed by atoms with van der Waals surface area (Å²) in [6, 6.07) is 3.72. The van der Waals surface area contributed by atoms with Gasteiger partial charge < -0.3 is 11.1 Å². The summed E-state index contributed by atoms with van der Waals surface area (Å²) in [5.74, 6) is -1.75. The van der Waals surface area contributed by atoms with E-state index in [2.05, 4.69) is 5.32 Å². The van der Waals surface area contributed by atoms with Crippen LogP contribution >= 0.6 is 0 Å². The molecule has 1 aliphatic rings. The van der Waals surface area contributed by atoms with Gasteiger partial charge in [-0.25, -0.2) is 12.8 Å². The fourth-order valence-electron chi connectivity index (χ4n) is 2.37. The second kappa shape index (κ2) is 5.78. The minimum atomic E-state index is -3.41. The molecule has 0 aromatic heterocycles. The SMILES string of the molecule is Nc1cc(NC(=O)CS(=O)(=O)C2CCCC2)ccc1F. The van der Waals surface area contributed by atoms with Crippen molar-refractivity contribution in [2.75, 3.05) is 16.8 Å². The maximum atomic E-state index is 13.0. The summed E-state index contributed by atoms with van der Waals surface area (Å²) in [4.78, 5) is 11.8. The fraction of sp³-hybridized carbons (Fsp3) is 0.462. The number of nitrogens with two attached hydrogens (primary N) is 1. The number of carbonyl (C=O) groups excluding carboxylic acids is 1. The number of nitrogens with one attached hydrogen (secondary N) is 1. The minimum Gasteiger partial charge on any atom is -0.396 e. The number of amides is 1. The van der Waals surface area contributed by atoms with E-state index in [1.54, 1.807) is 0 Å². The summed E-state index contributed by atoms with van der Waals surface area (Å²) in [7, 11) is -3.41. The van der Waals surface area contributed by atoms with Crippen LogP contribution in [-0.2, 0) is 14.6 Å². The molecule has 5 nitrogen and oxygen atoms in total. The summed E-state index contributed by atoms with van der Waals surface area (Å²) in [5.41, 5.74) is 5.57. The highest BCUT2D eigenvalue weighted by Crippen LogP contribution is 2.25. The molecule has 1 fully saturated rings. The van der Waals surface area contributed by atoms with E-state index in [9.17, 15) is 17.6 Å². The monoisotopic (exact) mass is 300 g/mol. The Bertz CT molecular complexity index is 610. The number of benzene rings is 1. The molecule has 0 spiro atoms. The Morgan fingerprint density at radius 2 is 2.00 bits per heavy atom. The van der Waals surface area contributed by atoms with Crippen molar-refractivity contribution in [2.24, 2.45) is 0 Å². The lowest BCUT2D eigenvalue weighted by atomic mass is 10.2. The first-order chi connectivity index (χ1) is 9.38. The van der Waals surface area contributed by atoms with E-state index in [4.69, 9.17) is 5.73 Å². The van der Waals surface area contributed by atoms with Gasteiger partial charge in [0.05, 0.1) is 10.9 Å². The molecule has 1 aromatic carbocycles. The van der Waals surface area contributed by atoms with Crippen molar-refractivity contribution in [2.45, 2.75) is 30.9 Å². The van der Waals surface area contributed by atoms with Crippen LogP contribution in [-0.4, -0.2) is 25.3 Å². The number of anilines is 2. The van der Waals surface area contributed by atoms with Crippen LogP contribution in [0.5, 0.6) is 0 Å². The number of nitrogen functional groups attached to an aromatic ring is 1. The van der Waals surface area contributed by atoms with Crippen LogP contribution in [0, 0.1) is 5.82 Å². The second-order valence-corrected chi connectivity index (χ2v) is 7.28. The zero-order valence-electron chi connectivity index (χ0n) is 10.9. The molecule has 7 heteroatoms. The van der Waals surface area contributed by atoms with E-state index in [0.717, 1.165) is 18.9 Å². The average Bonchev–Trinajstić information content (AvgIpc) is 2.87. The topological polar surface area (TPSA) is 89.3 Å². The van der Waals surface area contributed by atoms with Gasteiger partial charge in [0.15, 0.2) is 9.84 Å². The van der Waals surface area contributed by atoms with Gasteiger partial charge >= 0.3 is 0 Å². The van der Waals surface area contributed by atoms with Crippen molar-refractivity contribution in [1.82, 2.24) is 0 Å². The normalized spacial score (nSPS) is 16.2. The largest absolute Gasteiger partial charge is 0.396 e. The van der Waals surface area contributed by atoms with Crippen molar-refractivity contribution in [1.29, 1.82) is 0 Å². The molecule has 110 valence electrons. The van der Waals surface area contributed by atoms with Gasteiger partial charge in [0, 0.05) is 5.69 Å². The zero-order valence-corrected chi connectivity index (χ0v) is 11.7. The molecule has 0 heterocycles. The van der Waals surface area contributed by atoms with E-state index < -0.39 is 32.6 Å². The highest BCUT2D eigenvalue weighted by atomic mass is 32.2. The van der Waals surface area contributed by atoms with Crippen LogP contribution in [0.2, 0.25) is 0 Å². The van der Waals surface area contributed by atoms with E-state index >= 15 is 0 Å². The Kier molecular flexibility index (Phi) is 4.27. The molecule has 3 N–H and O–H groups in total. The fourth-order valence-corrected chi connectivity index (χ4v) is 4.09. The number of hydrogen-bond donors (Lipinski definition) is 2. The molecule has 1 saturated carbocycles. The highest BCUT2D eigenvalue weighted by molar-refractivity contribution is 7.92. The molecule has 1 aliphatic carbocycles. The van der Waals surface area contributed by atoms with Crippen molar-refractivity contribution in [3.8, 4) is 0 Å². The standard InChI is InChI=1S/C13H17FN2O3S/c14-11-6-5-9(7-12(11)15)16-13(17)8-20(18,19)10-3-1-2-4-10/h5-7,10H,1-4,8,15H2,(H,16,17). The van der Waals surface area contributed by atoms with Gasteiger partial charge in [-0.1, -0.05) is 12.8 Å². The quantitative estimate of drug-likeness (QED) is 0.828. The number of halogens is 1. The molecule has 0 saturated heterocycles. The summed E-state index contributed by atoms with van der Waals surface area (Å²) >= 11 is 0. The maximum Gasteiger partial charge on any atom is 0.239 e. The summed E-state index contributed by atoms with van der Waals surface area (Å²) in [5, 5.41) is 2.01. The van der Waals surface area contributed by atoms with Crippen LogP contribution < -0.4 is 11.1 Å². The van der Waals surface area contributed by atoms with Crippen molar-refractivity contribution >= 4 is 27.1 Å². The first-order valence-corrected chi connectivity index (χ1v) is 8.16. The molecule has 0 unspecified atom stereocenters. The zero-order chi connectivity index (χ0) is 14.8. The molecule has 20 heavy (non-hydrogen) atoms. The summed E-state index contributed by atoms with van der Waals surface area (Å²) < 4.78 is 37.0. The lowest BCUT2D eigenvalue weighted by Gasteiger charge is -2.11. The van der Waals surface area contributed by atoms with Crippen molar-refractivity contribution < 1.29 is 17.6 Å². The Balaban J connectivity index is 1.99. The van der Waals surface area contributed by atoms with Crippen LogP contribution in [0.15, 0.2) is 18.2 Å². The Hall–Kier alpha value is -1.63. The Morgan fingerprint density at radius 1 is 1.35 bits per heavy atom. The predicted molar refractivity (Wildman–Crippen MR) is 75.5 cm³/mol. The van der Waals surface area contributed by atoms with Crippen LogP contribution in [0.1, 0.15) is 25.7 Å². The van der Waals surface area contributed by atoms with Crippen LogP contribution in [0.25, 0.3) is 0 Å². The van der Waals surface area contributed by atoms with Gasteiger partial charge in [0.25, 0.3) is 0 Å². The van der Waals surface area contributed by atoms with Gasteiger partial charge in [-0.3, -0.25) is 4.79 Å². The van der Waals surface area contributed by atoms with E-state index in [1.807, 2.05) is 0 Å². The molecular weight excluding hydrogens is 283 g/mol. The summed E-state index contributed by atoms with van der Waals surface area (Å²) in [6.07, 6.45) is 3.03. The van der Waals surface area contributed by atoms with Gasteiger partial charge in [-0.15, -0.1) is 0 Å². The molecule has 2 rings (SSSR count). The predicted octanol–water partition coefficient (Wildman–Crippen LogP) is 1.70. The molecule has 0 aliphatic heterocycles. The number of hydrogen-bond acceptors (Lipinski definition) is 4. The number of rotatable bonds is 4. The van der Waals surface area contributed by atoms with Gasteiger partial charge in [-0.2, -0.15) is 0 Å². The van der Waals surface area contributed by atoms with Crippen molar-refractivity contribution in [3.63, 3.8) is 0 Å². The van der Waals surface area contributed by atoms with E-state index in [-0.39, 0.29) is 11.4 Å². The van der Waals surface area contributed by atoms with E-state index in [1.165, 1.54) is 12.1 Å². The first-order valence-electron chi connectivity index (χ1n) is 6.45. The van der Waals surface area contributed by atoms with Crippen LogP contribution in [0.4, 0.5) is 15.8 Å². The highest BCUT2D eigenvalue weighted by Gasteiger charge is 2.30. The minimum absolute atomic E-state index is 0.0959. The third-order valence-corrected chi connectivity index (χ3v) is 5.57. The van der Waals surface area contributed by atoms with Gasteiger partial charge in [0.1, 0.15) is 11.6 Å². The molecule has 1 aromatic rings. The van der Waals surface area contributed by atoms with Crippen molar-refractivity contribution in [3.05, 3.63) is 24.0 Å².